The lowest BCUT2D eigenvalue weighted by Crippen LogP contribution is -2.23. The molecule has 0 saturated carbocycles. The molecule has 0 amide bonds. The summed E-state index contributed by atoms with van der Waals surface area (Å²) in [6.07, 6.45) is 0.714. The SMILES string of the molecule is CNC(C#N)CCSc1ccccc1F. The van der Waals surface area contributed by atoms with Crippen molar-refractivity contribution in [2.45, 2.75) is 17.4 Å². The predicted molar refractivity (Wildman–Crippen MR) is 60.2 cm³/mol. The van der Waals surface area contributed by atoms with E-state index in [2.05, 4.69) is 11.4 Å². The smallest absolute Gasteiger partial charge is 0.136 e. The molecule has 0 bridgehead atoms. The molecule has 0 aromatic heterocycles. The van der Waals surface area contributed by atoms with Crippen LogP contribution in [0, 0.1) is 17.1 Å². The number of rotatable bonds is 5. The molecular weight excluding hydrogens is 211 g/mol. The first-order chi connectivity index (χ1) is 7.27. The highest BCUT2D eigenvalue weighted by Crippen LogP contribution is 2.21. The van der Waals surface area contributed by atoms with Gasteiger partial charge < -0.3 is 5.32 Å². The fraction of sp³-hybridized carbons (Fsp3) is 0.364. The molecule has 0 saturated heterocycles. The zero-order chi connectivity index (χ0) is 11.1. The van der Waals surface area contributed by atoms with Crippen LogP contribution in [0.15, 0.2) is 29.2 Å². The molecule has 2 nitrogen and oxygen atoms in total. The molecule has 0 aliphatic rings. The fourth-order valence-corrected chi connectivity index (χ4v) is 2.08. The highest BCUT2D eigenvalue weighted by Gasteiger charge is 2.05. The van der Waals surface area contributed by atoms with Gasteiger partial charge in [0.2, 0.25) is 0 Å². The van der Waals surface area contributed by atoms with Crippen molar-refractivity contribution >= 4 is 11.8 Å². The zero-order valence-electron chi connectivity index (χ0n) is 8.53. The second-order valence-electron chi connectivity index (χ2n) is 3.04. The van der Waals surface area contributed by atoms with Gasteiger partial charge in [0.1, 0.15) is 5.82 Å². The number of nitrogens with zero attached hydrogens (tertiary/aromatic N) is 1. The summed E-state index contributed by atoms with van der Waals surface area (Å²) < 4.78 is 13.2. The van der Waals surface area contributed by atoms with Gasteiger partial charge in [-0.25, -0.2) is 4.39 Å². The molecule has 1 rings (SSSR count). The largest absolute Gasteiger partial charge is 0.305 e. The van der Waals surface area contributed by atoms with Gasteiger partial charge in [0.25, 0.3) is 0 Å². The molecule has 4 heteroatoms. The van der Waals surface area contributed by atoms with Crippen LogP contribution in [-0.4, -0.2) is 18.8 Å². The maximum atomic E-state index is 13.2. The minimum Gasteiger partial charge on any atom is -0.305 e. The highest BCUT2D eigenvalue weighted by molar-refractivity contribution is 7.99. The quantitative estimate of drug-likeness (QED) is 0.780. The van der Waals surface area contributed by atoms with E-state index in [0.29, 0.717) is 11.3 Å². The first-order valence-electron chi connectivity index (χ1n) is 4.72. The Balaban J connectivity index is 2.39. The van der Waals surface area contributed by atoms with Gasteiger partial charge in [-0.15, -0.1) is 11.8 Å². The Labute approximate surface area is 93.5 Å². The summed E-state index contributed by atoms with van der Waals surface area (Å²) in [5.41, 5.74) is 0. The second-order valence-corrected chi connectivity index (χ2v) is 4.17. The van der Waals surface area contributed by atoms with Gasteiger partial charge in [-0.05, 0) is 25.6 Å². The molecule has 1 unspecified atom stereocenters. The first-order valence-corrected chi connectivity index (χ1v) is 5.70. The van der Waals surface area contributed by atoms with E-state index >= 15 is 0 Å². The summed E-state index contributed by atoms with van der Waals surface area (Å²) in [5, 5.41) is 11.6. The fourth-order valence-electron chi connectivity index (χ4n) is 1.12. The number of nitrogens with one attached hydrogen (secondary N) is 1. The molecule has 15 heavy (non-hydrogen) atoms. The van der Waals surface area contributed by atoms with Crippen molar-refractivity contribution in [3.8, 4) is 6.07 Å². The molecule has 0 fully saturated rings. The first kappa shape index (κ1) is 12.0. The van der Waals surface area contributed by atoms with Gasteiger partial charge in [0.05, 0.1) is 12.1 Å². The van der Waals surface area contributed by atoms with E-state index in [1.54, 1.807) is 19.2 Å². The number of hydrogen-bond donors (Lipinski definition) is 1. The van der Waals surface area contributed by atoms with Crippen LogP contribution in [0.2, 0.25) is 0 Å². The van der Waals surface area contributed by atoms with Crippen molar-refractivity contribution in [2.24, 2.45) is 0 Å². The number of nitriles is 1. The van der Waals surface area contributed by atoms with Crippen LogP contribution in [0.3, 0.4) is 0 Å². The van der Waals surface area contributed by atoms with Crippen LogP contribution in [0.25, 0.3) is 0 Å². The lowest BCUT2D eigenvalue weighted by molar-refractivity contribution is 0.601. The third kappa shape index (κ3) is 3.90. The normalized spacial score (nSPS) is 12.1. The van der Waals surface area contributed by atoms with Crippen molar-refractivity contribution in [3.05, 3.63) is 30.1 Å². The molecule has 0 aliphatic heterocycles. The Morgan fingerprint density at radius 2 is 2.27 bits per heavy atom. The van der Waals surface area contributed by atoms with Crippen molar-refractivity contribution in [3.63, 3.8) is 0 Å². The van der Waals surface area contributed by atoms with E-state index in [-0.39, 0.29) is 11.9 Å². The Hall–Kier alpha value is -1.05. The highest BCUT2D eigenvalue weighted by atomic mass is 32.2. The molecule has 0 heterocycles. The average molecular weight is 224 g/mol. The van der Waals surface area contributed by atoms with Crippen molar-refractivity contribution in [2.75, 3.05) is 12.8 Å². The lowest BCUT2D eigenvalue weighted by Gasteiger charge is -2.07. The predicted octanol–water partition coefficient (Wildman–Crippen LogP) is 2.42. The molecule has 0 aliphatic carbocycles. The summed E-state index contributed by atoms with van der Waals surface area (Å²) in [7, 11) is 1.75. The summed E-state index contributed by atoms with van der Waals surface area (Å²) in [5.74, 6) is 0.542. The molecule has 1 aromatic carbocycles. The monoisotopic (exact) mass is 224 g/mol. The number of thioether (sulfide) groups is 1. The van der Waals surface area contributed by atoms with Gasteiger partial charge in [0.15, 0.2) is 0 Å². The summed E-state index contributed by atoms with van der Waals surface area (Å²) in [6.45, 7) is 0. The Morgan fingerprint density at radius 1 is 1.53 bits per heavy atom. The molecule has 1 aromatic rings. The van der Waals surface area contributed by atoms with Crippen LogP contribution >= 0.6 is 11.8 Å². The van der Waals surface area contributed by atoms with Crippen LogP contribution in [-0.2, 0) is 0 Å². The van der Waals surface area contributed by atoms with Crippen molar-refractivity contribution in [1.82, 2.24) is 5.32 Å². The van der Waals surface area contributed by atoms with Gasteiger partial charge in [-0.1, -0.05) is 12.1 Å². The summed E-state index contributed by atoms with van der Waals surface area (Å²) in [6, 6.07) is 8.67. The van der Waals surface area contributed by atoms with Crippen LogP contribution < -0.4 is 5.32 Å². The molecule has 80 valence electrons. The van der Waals surface area contributed by atoms with Crippen molar-refractivity contribution < 1.29 is 4.39 Å². The van der Waals surface area contributed by atoms with E-state index in [4.69, 9.17) is 5.26 Å². The average Bonchev–Trinajstić information content (AvgIpc) is 2.27. The van der Waals surface area contributed by atoms with Gasteiger partial charge in [-0.2, -0.15) is 5.26 Å². The molecule has 0 spiro atoms. The lowest BCUT2D eigenvalue weighted by atomic mass is 10.3. The standard InChI is InChI=1S/C11H13FN2S/c1-14-9(8-13)6-7-15-11-5-3-2-4-10(11)12/h2-5,9,14H,6-7H2,1H3. The third-order valence-electron chi connectivity index (χ3n) is 2.01. The Kier molecular flexibility index (Phi) is 5.16. The number of benzene rings is 1. The van der Waals surface area contributed by atoms with Crippen LogP contribution in [0.1, 0.15) is 6.42 Å². The molecule has 1 atom stereocenters. The maximum Gasteiger partial charge on any atom is 0.136 e. The van der Waals surface area contributed by atoms with Crippen molar-refractivity contribution in [1.29, 1.82) is 5.26 Å². The van der Waals surface area contributed by atoms with Gasteiger partial charge in [-0.3, -0.25) is 0 Å². The zero-order valence-corrected chi connectivity index (χ0v) is 9.35. The van der Waals surface area contributed by atoms with E-state index in [1.165, 1.54) is 17.8 Å². The van der Waals surface area contributed by atoms with Gasteiger partial charge >= 0.3 is 0 Å². The number of hydrogen-bond acceptors (Lipinski definition) is 3. The minimum absolute atomic E-state index is 0.149. The number of halogens is 1. The van der Waals surface area contributed by atoms with Crippen LogP contribution in [0.4, 0.5) is 4.39 Å². The minimum atomic E-state index is -0.194. The third-order valence-corrected chi connectivity index (χ3v) is 3.09. The Bertz CT molecular complexity index is 349. The van der Waals surface area contributed by atoms with E-state index in [1.807, 2.05) is 6.07 Å². The molecule has 1 N–H and O–H groups in total. The van der Waals surface area contributed by atoms with E-state index in [0.717, 1.165) is 5.75 Å². The topological polar surface area (TPSA) is 35.8 Å². The second kappa shape index (κ2) is 6.44. The molecular formula is C11H13FN2S. The van der Waals surface area contributed by atoms with Gasteiger partial charge in [0, 0.05) is 10.6 Å². The van der Waals surface area contributed by atoms with E-state index < -0.39 is 0 Å². The summed E-state index contributed by atoms with van der Waals surface area (Å²) in [4.78, 5) is 0.644. The maximum absolute atomic E-state index is 13.2. The van der Waals surface area contributed by atoms with Crippen LogP contribution in [0.5, 0.6) is 0 Å². The summed E-state index contributed by atoms with van der Waals surface area (Å²) >= 11 is 1.44. The van der Waals surface area contributed by atoms with E-state index in [9.17, 15) is 4.39 Å². The molecule has 0 radical (unpaired) electrons. The Morgan fingerprint density at radius 3 is 2.87 bits per heavy atom.